The van der Waals surface area contributed by atoms with Gasteiger partial charge in [-0.15, -0.1) is 0 Å². The van der Waals surface area contributed by atoms with E-state index in [4.69, 9.17) is 26.1 Å². The van der Waals surface area contributed by atoms with E-state index in [0.29, 0.717) is 34.7 Å². The Kier molecular flexibility index (Phi) is 8.61. The van der Waals surface area contributed by atoms with Gasteiger partial charge in [0, 0.05) is 66.3 Å². The molecule has 3 aromatic heterocycles. The van der Waals surface area contributed by atoms with Gasteiger partial charge in [-0.1, -0.05) is 48.0 Å². The van der Waals surface area contributed by atoms with Crippen LogP contribution >= 0.6 is 11.6 Å². The van der Waals surface area contributed by atoms with Crippen LogP contribution in [0.1, 0.15) is 29.7 Å². The van der Waals surface area contributed by atoms with Gasteiger partial charge in [0.25, 0.3) is 5.56 Å². The average Bonchev–Trinajstić information content (AvgIpc) is 3.03. The number of hydrogen-bond acceptors (Lipinski definition) is 8. The maximum atomic E-state index is 13.0. The maximum absolute atomic E-state index is 13.0. The highest BCUT2D eigenvalue weighted by molar-refractivity contribution is 6.36. The second-order valence-electron chi connectivity index (χ2n) is 11.1. The second-order valence-corrected chi connectivity index (χ2v) is 11.4. The van der Waals surface area contributed by atoms with Crippen molar-refractivity contribution >= 4 is 33.9 Å². The van der Waals surface area contributed by atoms with Crippen molar-refractivity contribution in [3.8, 4) is 28.3 Å². The summed E-state index contributed by atoms with van der Waals surface area (Å²) in [6, 6.07) is 18.3. The third-order valence-corrected chi connectivity index (χ3v) is 8.55. The fraction of sp³-hybridized carbons (Fsp3) is 0.294. The van der Waals surface area contributed by atoms with Crippen molar-refractivity contribution in [3.63, 3.8) is 0 Å². The van der Waals surface area contributed by atoms with Crippen molar-refractivity contribution in [2.24, 2.45) is 7.05 Å². The molecule has 10 heteroatoms. The Balaban J connectivity index is 1.32. The third kappa shape index (κ3) is 5.91. The first-order valence-electron chi connectivity index (χ1n) is 14.7. The minimum atomic E-state index is -0.213. The highest BCUT2D eigenvalue weighted by Crippen LogP contribution is 2.40. The molecular weight excluding hydrogens is 576 g/mol. The van der Waals surface area contributed by atoms with Crippen LogP contribution in [0.5, 0.6) is 5.88 Å². The highest BCUT2D eigenvalue weighted by atomic mass is 35.5. The van der Waals surface area contributed by atoms with Gasteiger partial charge in [0.2, 0.25) is 5.88 Å². The SMILES string of the molecule is COc1nc(-c2cccc(-c3cccc(Nc4nc(C)cc5cnn(C)c(=O)c45)c3C)c2Cl)ccc1CNC1CCOCC1. The number of pyridine rings is 2. The predicted molar refractivity (Wildman–Crippen MR) is 175 cm³/mol. The lowest BCUT2D eigenvalue weighted by molar-refractivity contribution is 0.0775. The van der Waals surface area contributed by atoms with E-state index in [1.807, 2.05) is 68.4 Å². The Labute approximate surface area is 261 Å². The fourth-order valence-corrected chi connectivity index (χ4v) is 6.02. The Bertz CT molecular complexity index is 1900. The summed E-state index contributed by atoms with van der Waals surface area (Å²) in [5.74, 6) is 1.07. The normalized spacial score (nSPS) is 13.8. The van der Waals surface area contributed by atoms with Gasteiger partial charge in [-0.05, 0) is 56.0 Å². The maximum Gasteiger partial charge on any atom is 0.278 e. The number of hydrogen-bond donors (Lipinski definition) is 2. The largest absolute Gasteiger partial charge is 0.481 e. The molecule has 6 rings (SSSR count). The monoisotopic (exact) mass is 610 g/mol. The first-order chi connectivity index (χ1) is 21.3. The Morgan fingerprint density at radius 3 is 2.57 bits per heavy atom. The number of methoxy groups -OCH3 is 1. The average molecular weight is 611 g/mol. The van der Waals surface area contributed by atoms with Gasteiger partial charge in [0.1, 0.15) is 5.82 Å². The highest BCUT2D eigenvalue weighted by Gasteiger charge is 2.18. The fourth-order valence-electron chi connectivity index (χ4n) is 5.69. The zero-order valence-electron chi connectivity index (χ0n) is 25.3. The first-order valence-corrected chi connectivity index (χ1v) is 15.1. The number of halogens is 1. The molecule has 0 bridgehead atoms. The summed E-state index contributed by atoms with van der Waals surface area (Å²) in [7, 11) is 3.27. The summed E-state index contributed by atoms with van der Waals surface area (Å²) in [5.41, 5.74) is 6.73. The standard InChI is InChI=1S/C34H35ClN6O3/c1-20-17-23-19-37-41(3)34(42)30(23)32(38-20)39-28-10-6-7-25(21(28)2)26-8-5-9-27(31(26)35)29-12-11-22(33(40-29)43-4)18-36-24-13-15-44-16-14-24/h5-12,17,19,24,36H,13-16,18H2,1-4H3,(H,38,39). The van der Waals surface area contributed by atoms with Crippen molar-refractivity contribution in [1.29, 1.82) is 0 Å². The molecule has 9 nitrogen and oxygen atoms in total. The Morgan fingerprint density at radius 1 is 1.02 bits per heavy atom. The van der Waals surface area contributed by atoms with Gasteiger partial charge in [-0.3, -0.25) is 4.79 Å². The molecule has 1 saturated heterocycles. The summed E-state index contributed by atoms with van der Waals surface area (Å²) in [4.78, 5) is 22.5. The molecule has 0 saturated carbocycles. The molecule has 226 valence electrons. The molecule has 2 N–H and O–H groups in total. The van der Waals surface area contributed by atoms with Crippen molar-refractivity contribution in [1.82, 2.24) is 25.1 Å². The zero-order valence-corrected chi connectivity index (χ0v) is 26.0. The van der Waals surface area contributed by atoms with E-state index in [9.17, 15) is 4.79 Å². The number of fused-ring (bicyclic) bond motifs is 1. The van der Waals surface area contributed by atoms with Crippen LogP contribution in [0.15, 0.2) is 65.6 Å². The van der Waals surface area contributed by atoms with Crippen molar-refractivity contribution in [2.75, 3.05) is 25.6 Å². The lowest BCUT2D eigenvalue weighted by Gasteiger charge is -2.23. The number of rotatable bonds is 8. The number of aromatic nitrogens is 4. The summed E-state index contributed by atoms with van der Waals surface area (Å²) < 4.78 is 12.5. The molecule has 44 heavy (non-hydrogen) atoms. The van der Waals surface area contributed by atoms with Crippen molar-refractivity contribution in [2.45, 2.75) is 39.3 Å². The van der Waals surface area contributed by atoms with Crippen LogP contribution in [0.25, 0.3) is 33.2 Å². The van der Waals surface area contributed by atoms with Crippen LogP contribution in [0, 0.1) is 13.8 Å². The number of nitrogens with one attached hydrogen (secondary N) is 2. The molecule has 0 amide bonds. The van der Waals surface area contributed by atoms with Crippen LogP contribution < -0.4 is 20.9 Å². The molecule has 1 aliphatic rings. The number of ether oxygens (including phenoxy) is 2. The Morgan fingerprint density at radius 2 is 1.77 bits per heavy atom. The quantitative estimate of drug-likeness (QED) is 0.210. The number of nitrogens with zero attached hydrogens (tertiary/aromatic N) is 4. The van der Waals surface area contributed by atoms with E-state index in [-0.39, 0.29) is 5.56 Å². The van der Waals surface area contributed by atoms with E-state index in [1.54, 1.807) is 20.4 Å². The summed E-state index contributed by atoms with van der Waals surface area (Å²) in [5, 5.41) is 13.0. The van der Waals surface area contributed by atoms with Gasteiger partial charge in [-0.2, -0.15) is 5.10 Å². The topological polar surface area (TPSA) is 103 Å². The molecular formula is C34H35ClN6O3. The zero-order chi connectivity index (χ0) is 30.8. The minimum Gasteiger partial charge on any atom is -0.481 e. The third-order valence-electron chi connectivity index (χ3n) is 8.14. The summed E-state index contributed by atoms with van der Waals surface area (Å²) in [6.07, 6.45) is 3.68. The molecule has 0 unspecified atom stereocenters. The van der Waals surface area contributed by atoms with Crippen molar-refractivity contribution in [3.05, 3.63) is 93.0 Å². The van der Waals surface area contributed by atoms with Crippen molar-refractivity contribution < 1.29 is 9.47 Å². The van der Waals surface area contributed by atoms with Gasteiger partial charge < -0.3 is 20.1 Å². The molecule has 5 aromatic rings. The molecule has 0 atom stereocenters. The minimum absolute atomic E-state index is 0.213. The molecule has 4 heterocycles. The number of anilines is 2. The van der Waals surface area contributed by atoms with E-state index in [0.717, 1.165) is 76.3 Å². The van der Waals surface area contributed by atoms with Crippen LogP contribution in [0.4, 0.5) is 11.5 Å². The van der Waals surface area contributed by atoms with Crippen LogP contribution in [-0.4, -0.2) is 46.1 Å². The van der Waals surface area contributed by atoms with E-state index >= 15 is 0 Å². The van der Waals surface area contributed by atoms with Gasteiger partial charge in [-0.25, -0.2) is 14.6 Å². The smallest absolute Gasteiger partial charge is 0.278 e. The lowest BCUT2D eigenvalue weighted by atomic mass is 9.96. The van der Waals surface area contributed by atoms with Gasteiger partial charge in [0.15, 0.2) is 0 Å². The molecule has 0 radical (unpaired) electrons. The predicted octanol–water partition coefficient (Wildman–Crippen LogP) is 6.35. The molecule has 1 aliphatic heterocycles. The van der Waals surface area contributed by atoms with E-state index in [2.05, 4.69) is 20.7 Å². The van der Waals surface area contributed by atoms with Crippen LogP contribution in [0.2, 0.25) is 5.02 Å². The van der Waals surface area contributed by atoms with Crippen LogP contribution in [-0.2, 0) is 18.3 Å². The van der Waals surface area contributed by atoms with Gasteiger partial charge >= 0.3 is 0 Å². The lowest BCUT2D eigenvalue weighted by Crippen LogP contribution is -2.34. The van der Waals surface area contributed by atoms with Crippen LogP contribution in [0.3, 0.4) is 0 Å². The summed E-state index contributed by atoms with van der Waals surface area (Å²) >= 11 is 7.11. The van der Waals surface area contributed by atoms with Gasteiger partial charge in [0.05, 0.1) is 29.4 Å². The van der Waals surface area contributed by atoms with E-state index < -0.39 is 0 Å². The second kappa shape index (κ2) is 12.7. The number of benzene rings is 2. The molecule has 1 fully saturated rings. The first kappa shape index (κ1) is 29.7. The Hall–Kier alpha value is -4.31. The molecule has 2 aromatic carbocycles. The molecule has 0 spiro atoms. The van der Waals surface area contributed by atoms with E-state index in [1.165, 1.54) is 4.68 Å². The summed E-state index contributed by atoms with van der Waals surface area (Å²) in [6.45, 7) is 6.17. The molecule has 0 aliphatic carbocycles. The number of aryl methyl sites for hydroxylation is 2.